The fraction of sp³-hybridized carbons (Fsp3) is 0.174. The van der Waals surface area contributed by atoms with E-state index in [1.807, 2.05) is 36.4 Å². The first-order chi connectivity index (χ1) is 14.7. The molecule has 4 aromatic rings. The van der Waals surface area contributed by atoms with Crippen LogP contribution in [0.5, 0.6) is 0 Å². The summed E-state index contributed by atoms with van der Waals surface area (Å²) in [5, 5.41) is 3.32. The Hall–Kier alpha value is -3.45. The Kier molecular flexibility index (Phi) is 4.80. The predicted molar refractivity (Wildman–Crippen MR) is 118 cm³/mol. The van der Waals surface area contributed by atoms with Crippen molar-refractivity contribution in [1.29, 1.82) is 0 Å². The molecule has 0 saturated heterocycles. The zero-order valence-electron chi connectivity index (χ0n) is 16.4. The van der Waals surface area contributed by atoms with Crippen molar-refractivity contribution < 1.29 is 9.21 Å². The van der Waals surface area contributed by atoms with E-state index in [9.17, 15) is 4.79 Å². The van der Waals surface area contributed by atoms with Gasteiger partial charge in [0.1, 0.15) is 5.76 Å². The summed E-state index contributed by atoms with van der Waals surface area (Å²) in [6.45, 7) is 2.73. The number of aromatic nitrogens is 2. The minimum Gasteiger partial charge on any atom is -0.467 e. The van der Waals surface area contributed by atoms with Gasteiger partial charge in [0, 0.05) is 28.8 Å². The third-order valence-electron chi connectivity index (χ3n) is 5.33. The molecule has 2 aromatic heterocycles. The molecular weight excluding hydrogens is 396 g/mol. The van der Waals surface area contributed by atoms with Crippen molar-refractivity contribution in [3.63, 3.8) is 0 Å². The standard InChI is InChI=1S/C23H20N4O2S/c1-15-13-17-9-5-6-10-19(17)27(15)14-20-18(11-12-29-20)22(28)25-23-24-21(26-30-23)16-7-3-2-4-8-16/h2-12,15H,13-14H2,1H3,(H,24,25,26,28). The number of anilines is 2. The second-order valence-corrected chi connectivity index (χ2v) is 8.06. The Bertz CT molecular complexity index is 1180. The fourth-order valence-corrected chi connectivity index (χ4v) is 4.42. The molecule has 1 unspecified atom stereocenters. The van der Waals surface area contributed by atoms with E-state index >= 15 is 0 Å². The molecule has 3 heterocycles. The SMILES string of the molecule is CC1Cc2ccccc2N1Cc1occc1C(=O)Nc1nc(-c2ccccc2)ns1. The fourth-order valence-electron chi connectivity index (χ4n) is 3.83. The smallest absolute Gasteiger partial charge is 0.261 e. The number of para-hydroxylation sites is 1. The number of fused-ring (bicyclic) bond motifs is 1. The van der Waals surface area contributed by atoms with E-state index in [-0.39, 0.29) is 5.91 Å². The molecule has 150 valence electrons. The van der Waals surface area contributed by atoms with Gasteiger partial charge in [-0.2, -0.15) is 9.36 Å². The van der Waals surface area contributed by atoms with Gasteiger partial charge in [-0.1, -0.05) is 48.5 Å². The molecular formula is C23H20N4O2S. The maximum Gasteiger partial charge on any atom is 0.261 e. The van der Waals surface area contributed by atoms with Crippen LogP contribution in [0.25, 0.3) is 11.4 Å². The van der Waals surface area contributed by atoms with Gasteiger partial charge in [0.2, 0.25) is 5.13 Å². The molecule has 30 heavy (non-hydrogen) atoms. The number of rotatable bonds is 5. The van der Waals surface area contributed by atoms with Crippen LogP contribution in [0.4, 0.5) is 10.8 Å². The van der Waals surface area contributed by atoms with Gasteiger partial charge in [0.15, 0.2) is 5.82 Å². The third kappa shape index (κ3) is 3.48. The number of hydrogen-bond acceptors (Lipinski definition) is 6. The second kappa shape index (κ2) is 7.76. The Balaban J connectivity index is 1.33. The average molecular weight is 417 g/mol. The highest BCUT2D eigenvalue weighted by Gasteiger charge is 2.28. The van der Waals surface area contributed by atoms with Crippen molar-refractivity contribution in [2.75, 3.05) is 10.2 Å². The van der Waals surface area contributed by atoms with Crippen LogP contribution in [0.3, 0.4) is 0 Å². The second-order valence-electron chi connectivity index (χ2n) is 7.31. The molecule has 7 heteroatoms. The number of nitrogens with zero attached hydrogens (tertiary/aromatic N) is 3. The summed E-state index contributed by atoms with van der Waals surface area (Å²) >= 11 is 1.17. The van der Waals surface area contributed by atoms with Crippen molar-refractivity contribution in [3.05, 3.63) is 83.8 Å². The van der Waals surface area contributed by atoms with E-state index in [1.54, 1.807) is 12.3 Å². The normalized spacial score (nSPS) is 15.2. The first kappa shape index (κ1) is 18.6. The zero-order chi connectivity index (χ0) is 20.5. The maximum atomic E-state index is 12.9. The molecule has 0 aliphatic carbocycles. The van der Waals surface area contributed by atoms with Crippen LogP contribution in [0.2, 0.25) is 0 Å². The van der Waals surface area contributed by atoms with E-state index in [4.69, 9.17) is 4.42 Å². The Morgan fingerprint density at radius 3 is 2.83 bits per heavy atom. The van der Waals surface area contributed by atoms with Gasteiger partial charge in [-0.15, -0.1) is 0 Å². The highest BCUT2D eigenvalue weighted by molar-refractivity contribution is 7.10. The molecule has 0 radical (unpaired) electrons. The van der Waals surface area contributed by atoms with Gasteiger partial charge in [-0.3, -0.25) is 10.1 Å². The number of carbonyl (C=O) groups is 1. The van der Waals surface area contributed by atoms with Crippen LogP contribution in [0.15, 0.2) is 71.3 Å². The lowest BCUT2D eigenvalue weighted by molar-refractivity contribution is 0.102. The molecule has 0 saturated carbocycles. The zero-order valence-corrected chi connectivity index (χ0v) is 17.2. The van der Waals surface area contributed by atoms with Crippen LogP contribution in [-0.2, 0) is 13.0 Å². The minimum atomic E-state index is -0.241. The number of carbonyl (C=O) groups excluding carboxylic acids is 1. The topological polar surface area (TPSA) is 71.3 Å². The maximum absolute atomic E-state index is 12.9. The highest BCUT2D eigenvalue weighted by Crippen LogP contribution is 2.33. The van der Waals surface area contributed by atoms with Gasteiger partial charge in [-0.05, 0) is 31.0 Å². The lowest BCUT2D eigenvalue weighted by Gasteiger charge is -2.24. The first-order valence-corrected chi connectivity index (χ1v) is 10.6. The molecule has 2 aromatic carbocycles. The van der Waals surface area contributed by atoms with Gasteiger partial charge < -0.3 is 9.32 Å². The highest BCUT2D eigenvalue weighted by atomic mass is 32.1. The van der Waals surface area contributed by atoms with Crippen molar-refractivity contribution in [3.8, 4) is 11.4 Å². The minimum absolute atomic E-state index is 0.241. The summed E-state index contributed by atoms with van der Waals surface area (Å²) in [6, 6.07) is 20.1. The molecule has 1 atom stereocenters. The number of benzene rings is 2. The molecule has 1 amide bonds. The summed E-state index contributed by atoms with van der Waals surface area (Å²) in [5.41, 5.74) is 3.96. The van der Waals surface area contributed by atoms with Crippen LogP contribution in [0.1, 0.15) is 28.6 Å². The van der Waals surface area contributed by atoms with E-state index < -0.39 is 0 Å². The van der Waals surface area contributed by atoms with Crippen molar-refractivity contribution >= 4 is 28.3 Å². The first-order valence-electron chi connectivity index (χ1n) is 9.80. The molecule has 0 bridgehead atoms. The van der Waals surface area contributed by atoms with Crippen molar-refractivity contribution in [1.82, 2.24) is 9.36 Å². The Labute approximate surface area is 178 Å². The third-order valence-corrected chi connectivity index (χ3v) is 5.96. The molecule has 1 N–H and O–H groups in total. The van der Waals surface area contributed by atoms with Crippen molar-refractivity contribution in [2.45, 2.75) is 25.9 Å². The Morgan fingerprint density at radius 2 is 1.97 bits per heavy atom. The molecule has 1 aliphatic heterocycles. The van der Waals surface area contributed by atoms with E-state index in [1.165, 1.54) is 22.8 Å². The molecule has 1 aliphatic rings. The van der Waals surface area contributed by atoms with Crippen LogP contribution in [-0.4, -0.2) is 21.3 Å². The van der Waals surface area contributed by atoms with Crippen LogP contribution < -0.4 is 10.2 Å². The monoisotopic (exact) mass is 416 g/mol. The van der Waals surface area contributed by atoms with Crippen LogP contribution >= 0.6 is 11.5 Å². The predicted octanol–water partition coefficient (Wildman–Crippen LogP) is 5.00. The number of nitrogens with one attached hydrogen (secondary N) is 1. The molecule has 5 rings (SSSR count). The largest absolute Gasteiger partial charge is 0.467 e. The lowest BCUT2D eigenvalue weighted by Crippen LogP contribution is -2.29. The summed E-state index contributed by atoms with van der Waals surface area (Å²) < 4.78 is 10.0. The molecule has 0 spiro atoms. The summed E-state index contributed by atoms with van der Waals surface area (Å²) in [4.78, 5) is 19.6. The van der Waals surface area contributed by atoms with Gasteiger partial charge >= 0.3 is 0 Å². The van der Waals surface area contributed by atoms with Crippen LogP contribution in [0, 0.1) is 0 Å². The van der Waals surface area contributed by atoms with Gasteiger partial charge in [-0.25, -0.2) is 0 Å². The average Bonchev–Trinajstić information content (AvgIpc) is 3.49. The summed E-state index contributed by atoms with van der Waals surface area (Å²) in [6.07, 6.45) is 2.55. The molecule has 0 fully saturated rings. The summed E-state index contributed by atoms with van der Waals surface area (Å²) in [7, 11) is 0. The number of amides is 1. The van der Waals surface area contributed by atoms with Gasteiger partial charge in [0.25, 0.3) is 5.91 Å². The lowest BCUT2D eigenvalue weighted by atomic mass is 10.1. The van der Waals surface area contributed by atoms with Gasteiger partial charge in [0.05, 0.1) is 18.4 Å². The van der Waals surface area contributed by atoms with Crippen molar-refractivity contribution in [2.24, 2.45) is 0 Å². The van der Waals surface area contributed by atoms with E-state index in [2.05, 4.69) is 44.7 Å². The Morgan fingerprint density at radius 1 is 1.17 bits per heavy atom. The quantitative estimate of drug-likeness (QED) is 0.496. The van der Waals surface area contributed by atoms with E-state index in [0.29, 0.717) is 34.9 Å². The number of hydrogen-bond donors (Lipinski definition) is 1. The molecule has 6 nitrogen and oxygen atoms in total. The summed E-state index contributed by atoms with van der Waals surface area (Å²) in [5.74, 6) is 1.00. The van der Waals surface area contributed by atoms with E-state index in [0.717, 1.165) is 12.0 Å². The number of furan rings is 1.